The van der Waals surface area contributed by atoms with Gasteiger partial charge in [0.25, 0.3) is 11.7 Å². The fourth-order valence-electron chi connectivity index (χ4n) is 0.897. The first-order valence-electron chi connectivity index (χ1n) is 3.56. The van der Waals surface area contributed by atoms with E-state index in [0.717, 1.165) is 6.07 Å². The number of hydrogen-bond donors (Lipinski definition) is 0. The molecule has 0 radical (unpaired) electrons. The van der Waals surface area contributed by atoms with Gasteiger partial charge in [-0.3, -0.25) is 4.79 Å². The van der Waals surface area contributed by atoms with Crippen molar-refractivity contribution in [2.45, 2.75) is 6.43 Å². The van der Waals surface area contributed by atoms with Gasteiger partial charge in [-0.2, -0.15) is 5.26 Å². The number of nitriles is 1. The number of carbonyl (C=O) groups excluding carboxylic acids is 1. The van der Waals surface area contributed by atoms with Crippen LogP contribution in [-0.4, -0.2) is 10.2 Å². The second kappa shape index (κ2) is 4.51. The van der Waals surface area contributed by atoms with E-state index >= 15 is 0 Å². The van der Waals surface area contributed by atoms with E-state index in [1.54, 1.807) is 0 Å². The third kappa shape index (κ3) is 2.41. The number of pyridine rings is 1. The second-order valence-electron chi connectivity index (χ2n) is 2.44. The van der Waals surface area contributed by atoms with Gasteiger partial charge in [-0.25, -0.2) is 13.8 Å². The molecule has 0 unspecified atom stereocenters. The summed E-state index contributed by atoms with van der Waals surface area (Å²) >= 11 is 10.6. The zero-order valence-corrected chi connectivity index (χ0v) is 8.48. The lowest BCUT2D eigenvalue weighted by Crippen LogP contribution is -2.03. The summed E-state index contributed by atoms with van der Waals surface area (Å²) < 4.78 is 24.8. The maximum absolute atomic E-state index is 12.4. The van der Waals surface area contributed by atoms with Crippen LogP contribution in [0.1, 0.15) is 28.2 Å². The van der Waals surface area contributed by atoms with Crippen LogP contribution >= 0.6 is 23.2 Å². The van der Waals surface area contributed by atoms with Crippen LogP contribution in [-0.2, 0) is 0 Å². The molecule has 0 aliphatic heterocycles. The standard InChI is InChI=1S/C8H2Cl2F2N2O/c9-4-1-3(2-13)5(8(11)12)14-6(4)7(10)15/h1,8H. The number of rotatable bonds is 2. The van der Waals surface area contributed by atoms with Crippen LogP contribution in [0.25, 0.3) is 0 Å². The summed E-state index contributed by atoms with van der Waals surface area (Å²) in [6, 6.07) is 2.44. The van der Waals surface area contributed by atoms with E-state index in [1.807, 2.05) is 0 Å². The first kappa shape index (κ1) is 11.8. The van der Waals surface area contributed by atoms with Crippen molar-refractivity contribution in [1.82, 2.24) is 4.98 Å². The molecule has 7 heteroatoms. The molecule has 1 heterocycles. The smallest absolute Gasteiger partial charge is 0.274 e. The molecule has 0 saturated heterocycles. The highest BCUT2D eigenvalue weighted by Crippen LogP contribution is 2.26. The van der Waals surface area contributed by atoms with E-state index in [2.05, 4.69) is 4.98 Å². The fraction of sp³-hybridized carbons (Fsp3) is 0.125. The molecule has 1 rings (SSSR count). The molecule has 3 nitrogen and oxygen atoms in total. The van der Waals surface area contributed by atoms with Gasteiger partial charge in [0.2, 0.25) is 0 Å². The van der Waals surface area contributed by atoms with E-state index in [1.165, 1.54) is 6.07 Å². The maximum Gasteiger partial charge on any atom is 0.281 e. The minimum absolute atomic E-state index is 0.226. The van der Waals surface area contributed by atoms with Crippen molar-refractivity contribution < 1.29 is 13.6 Å². The van der Waals surface area contributed by atoms with E-state index in [-0.39, 0.29) is 10.6 Å². The molecule has 0 fully saturated rings. The first-order valence-corrected chi connectivity index (χ1v) is 4.31. The summed E-state index contributed by atoms with van der Waals surface area (Å²) in [6.07, 6.45) is -2.97. The molecule has 78 valence electrons. The van der Waals surface area contributed by atoms with Gasteiger partial charge < -0.3 is 0 Å². The Labute approximate surface area is 93.2 Å². The zero-order chi connectivity index (χ0) is 11.6. The summed E-state index contributed by atoms with van der Waals surface area (Å²) in [5.41, 5.74) is -1.66. The highest BCUT2D eigenvalue weighted by atomic mass is 35.5. The maximum atomic E-state index is 12.4. The largest absolute Gasteiger partial charge is 0.281 e. The quantitative estimate of drug-likeness (QED) is 0.759. The van der Waals surface area contributed by atoms with Crippen molar-refractivity contribution >= 4 is 28.4 Å². The van der Waals surface area contributed by atoms with Crippen LogP contribution < -0.4 is 0 Å². The van der Waals surface area contributed by atoms with E-state index < -0.39 is 23.1 Å². The molecule has 0 N–H and O–H groups in total. The molecule has 0 aliphatic carbocycles. The minimum Gasteiger partial charge on any atom is -0.274 e. The summed E-state index contributed by atoms with van der Waals surface area (Å²) in [6.45, 7) is 0. The number of carbonyl (C=O) groups is 1. The third-order valence-corrected chi connectivity index (χ3v) is 1.99. The number of nitrogens with zero attached hydrogens (tertiary/aromatic N) is 2. The Kier molecular flexibility index (Phi) is 3.56. The molecule has 0 aromatic carbocycles. The molecule has 0 bridgehead atoms. The Bertz CT molecular complexity index is 457. The Morgan fingerprint density at radius 2 is 2.20 bits per heavy atom. The molecular formula is C8H2Cl2F2N2O. The van der Waals surface area contributed by atoms with Gasteiger partial charge in [-0.15, -0.1) is 0 Å². The lowest BCUT2D eigenvalue weighted by molar-refractivity contribution is 0.107. The van der Waals surface area contributed by atoms with Crippen LogP contribution in [0.5, 0.6) is 0 Å². The molecule has 0 amide bonds. The summed E-state index contributed by atoms with van der Waals surface area (Å²) in [5, 5.41) is 7.25. The van der Waals surface area contributed by atoms with Crippen molar-refractivity contribution in [2.24, 2.45) is 0 Å². The van der Waals surface area contributed by atoms with Crippen LogP contribution in [0.15, 0.2) is 6.07 Å². The lowest BCUT2D eigenvalue weighted by atomic mass is 10.2. The molecule has 0 spiro atoms. The Balaban J connectivity index is 3.45. The molecule has 0 aliphatic rings. The van der Waals surface area contributed by atoms with Crippen molar-refractivity contribution in [3.05, 3.63) is 28.0 Å². The van der Waals surface area contributed by atoms with Crippen LogP contribution in [0, 0.1) is 11.3 Å². The van der Waals surface area contributed by atoms with Gasteiger partial charge in [-0.05, 0) is 17.7 Å². The average molecular weight is 251 g/mol. The number of hydrogen-bond acceptors (Lipinski definition) is 3. The van der Waals surface area contributed by atoms with Crippen LogP contribution in [0.3, 0.4) is 0 Å². The monoisotopic (exact) mass is 250 g/mol. The second-order valence-corrected chi connectivity index (χ2v) is 3.19. The van der Waals surface area contributed by atoms with E-state index in [9.17, 15) is 13.6 Å². The molecular weight excluding hydrogens is 249 g/mol. The normalized spacial score (nSPS) is 10.1. The predicted molar refractivity (Wildman–Crippen MR) is 49.1 cm³/mol. The predicted octanol–water partition coefficient (Wildman–Crippen LogP) is 2.92. The van der Waals surface area contributed by atoms with Crippen molar-refractivity contribution in [3.63, 3.8) is 0 Å². The highest BCUT2D eigenvalue weighted by Gasteiger charge is 2.20. The molecule has 15 heavy (non-hydrogen) atoms. The molecule has 0 atom stereocenters. The van der Waals surface area contributed by atoms with Gasteiger partial charge in [0, 0.05) is 0 Å². The highest BCUT2D eigenvalue weighted by molar-refractivity contribution is 6.68. The Hall–Kier alpha value is -1.25. The SMILES string of the molecule is N#Cc1cc(Cl)c(C(=O)Cl)nc1C(F)F. The zero-order valence-electron chi connectivity index (χ0n) is 6.97. The fourth-order valence-corrected chi connectivity index (χ4v) is 1.33. The van der Waals surface area contributed by atoms with E-state index in [0.29, 0.717) is 0 Å². The summed E-state index contributed by atoms with van der Waals surface area (Å²) in [7, 11) is 0. The van der Waals surface area contributed by atoms with Crippen molar-refractivity contribution in [2.75, 3.05) is 0 Å². The number of aromatic nitrogens is 1. The minimum atomic E-state index is -2.97. The first-order chi connectivity index (χ1) is 6.97. The summed E-state index contributed by atoms with van der Waals surface area (Å²) in [5.74, 6) is 0. The van der Waals surface area contributed by atoms with Crippen LogP contribution in [0.2, 0.25) is 5.02 Å². The molecule has 1 aromatic rings. The van der Waals surface area contributed by atoms with Crippen LogP contribution in [0.4, 0.5) is 8.78 Å². The third-order valence-electron chi connectivity index (χ3n) is 1.52. The summed E-state index contributed by atoms with van der Waals surface area (Å²) in [4.78, 5) is 14.0. The lowest BCUT2D eigenvalue weighted by Gasteiger charge is -2.04. The Morgan fingerprint density at radius 1 is 1.60 bits per heavy atom. The molecule has 0 saturated carbocycles. The van der Waals surface area contributed by atoms with E-state index in [4.69, 9.17) is 28.5 Å². The van der Waals surface area contributed by atoms with Gasteiger partial charge in [0.15, 0.2) is 0 Å². The number of alkyl halides is 2. The topological polar surface area (TPSA) is 53.8 Å². The van der Waals surface area contributed by atoms with Crippen molar-refractivity contribution in [3.8, 4) is 6.07 Å². The molecule has 1 aromatic heterocycles. The van der Waals surface area contributed by atoms with Gasteiger partial charge >= 0.3 is 0 Å². The Morgan fingerprint density at radius 3 is 2.60 bits per heavy atom. The average Bonchev–Trinajstić information content (AvgIpc) is 2.16. The number of halogens is 4. The van der Waals surface area contributed by atoms with Gasteiger partial charge in [0.1, 0.15) is 17.5 Å². The van der Waals surface area contributed by atoms with Gasteiger partial charge in [-0.1, -0.05) is 11.6 Å². The van der Waals surface area contributed by atoms with Gasteiger partial charge in [0.05, 0.1) is 10.6 Å². The van der Waals surface area contributed by atoms with Crippen molar-refractivity contribution in [1.29, 1.82) is 5.26 Å².